The van der Waals surface area contributed by atoms with Crippen LogP contribution in [0.25, 0.3) is 11.2 Å². The lowest BCUT2D eigenvalue weighted by molar-refractivity contribution is 0.0592. The maximum Gasteiger partial charge on any atom is 0.312 e. The second-order valence-corrected chi connectivity index (χ2v) is 5.81. The van der Waals surface area contributed by atoms with E-state index in [1.54, 1.807) is 17.0 Å². The smallest absolute Gasteiger partial charge is 0.312 e. The van der Waals surface area contributed by atoms with Gasteiger partial charge in [-0.3, -0.25) is 4.57 Å². The van der Waals surface area contributed by atoms with Crippen molar-refractivity contribution in [2.24, 2.45) is 0 Å². The molecule has 0 bridgehead atoms. The quantitative estimate of drug-likeness (QED) is 0.492. The van der Waals surface area contributed by atoms with Gasteiger partial charge in [0.2, 0.25) is 0 Å². The molecule has 0 aliphatic carbocycles. The van der Waals surface area contributed by atoms with E-state index >= 15 is 0 Å². The van der Waals surface area contributed by atoms with Crippen molar-refractivity contribution in [3.8, 4) is 11.5 Å². The van der Waals surface area contributed by atoms with Crippen LogP contribution in [0.3, 0.4) is 0 Å². The van der Waals surface area contributed by atoms with Gasteiger partial charge in [0, 0.05) is 13.2 Å². The maximum absolute atomic E-state index is 13.9. The van der Waals surface area contributed by atoms with Crippen LogP contribution in [-0.2, 0) is 11.3 Å². The fourth-order valence-electron chi connectivity index (χ4n) is 2.87. The number of hydrogen-bond donors (Lipinski definition) is 3. The average Bonchev–Trinajstić information content (AvgIpc) is 3.24. The fourth-order valence-corrected chi connectivity index (χ4v) is 2.87. The molecule has 0 amide bonds. The molecule has 2 aromatic heterocycles. The number of ether oxygens (including phenoxy) is 1. The van der Waals surface area contributed by atoms with Crippen LogP contribution in [0.4, 0.5) is 10.2 Å². The Morgan fingerprint density at radius 2 is 2.16 bits per heavy atom. The van der Waals surface area contributed by atoms with Crippen molar-refractivity contribution in [2.45, 2.75) is 25.6 Å². The summed E-state index contributed by atoms with van der Waals surface area (Å²) in [5.41, 5.74) is 1.51. The number of anilines is 1. The van der Waals surface area contributed by atoms with Crippen LogP contribution in [0.2, 0.25) is 0 Å². The first-order valence-electron chi connectivity index (χ1n) is 7.88. The minimum absolute atomic E-state index is 0.193. The lowest BCUT2D eigenvalue weighted by Gasteiger charge is -2.12. The number of halogens is 1. The van der Waals surface area contributed by atoms with E-state index in [0.29, 0.717) is 23.3 Å². The Hall–Kier alpha value is -2.94. The van der Waals surface area contributed by atoms with E-state index < -0.39 is 6.08 Å². The molecular weight excluding hydrogens is 329 g/mol. The molecule has 4 rings (SSSR count). The SMILES string of the molecule is Oc1ccc(CNc2nc(F)nc3c2ncn3C2CCCO2)cc1O. The third-order valence-electron chi connectivity index (χ3n) is 4.11. The number of phenolic OH excluding ortho intramolecular Hbond substituents is 2. The number of imidazole rings is 1. The first-order valence-corrected chi connectivity index (χ1v) is 7.88. The van der Waals surface area contributed by atoms with Gasteiger partial charge in [0.15, 0.2) is 28.5 Å². The zero-order chi connectivity index (χ0) is 17.4. The van der Waals surface area contributed by atoms with E-state index in [-0.39, 0.29) is 30.1 Å². The molecule has 0 saturated carbocycles. The first-order chi connectivity index (χ1) is 12.1. The van der Waals surface area contributed by atoms with Crippen LogP contribution in [0.15, 0.2) is 24.5 Å². The molecule has 1 fully saturated rings. The lowest BCUT2D eigenvalue weighted by atomic mass is 10.2. The number of hydrogen-bond acceptors (Lipinski definition) is 7. The van der Waals surface area contributed by atoms with Crippen molar-refractivity contribution >= 4 is 17.0 Å². The summed E-state index contributed by atoms with van der Waals surface area (Å²) in [6, 6.07) is 4.44. The number of rotatable bonds is 4. The van der Waals surface area contributed by atoms with Gasteiger partial charge >= 0.3 is 6.08 Å². The van der Waals surface area contributed by atoms with Crippen LogP contribution in [0.1, 0.15) is 24.6 Å². The van der Waals surface area contributed by atoms with Crippen molar-refractivity contribution in [3.05, 3.63) is 36.2 Å². The van der Waals surface area contributed by atoms with E-state index in [1.807, 2.05) is 0 Å². The third kappa shape index (κ3) is 2.93. The van der Waals surface area contributed by atoms with Crippen LogP contribution in [-0.4, -0.2) is 36.3 Å². The topological polar surface area (TPSA) is 105 Å². The number of fused-ring (bicyclic) bond motifs is 1. The Kier molecular flexibility index (Phi) is 3.85. The second-order valence-electron chi connectivity index (χ2n) is 5.81. The molecule has 1 aromatic carbocycles. The van der Waals surface area contributed by atoms with Crippen molar-refractivity contribution in [1.82, 2.24) is 19.5 Å². The number of nitrogens with one attached hydrogen (secondary N) is 1. The summed E-state index contributed by atoms with van der Waals surface area (Å²) in [4.78, 5) is 11.9. The molecule has 3 N–H and O–H groups in total. The van der Waals surface area contributed by atoms with E-state index in [1.165, 1.54) is 12.1 Å². The Balaban J connectivity index is 1.63. The highest BCUT2D eigenvalue weighted by molar-refractivity contribution is 5.82. The normalized spacial score (nSPS) is 17.2. The average molecular weight is 345 g/mol. The largest absolute Gasteiger partial charge is 0.504 e. The van der Waals surface area contributed by atoms with Gasteiger partial charge in [0.1, 0.15) is 6.23 Å². The highest BCUT2D eigenvalue weighted by Gasteiger charge is 2.22. The van der Waals surface area contributed by atoms with Crippen LogP contribution >= 0.6 is 0 Å². The minimum atomic E-state index is -0.858. The van der Waals surface area contributed by atoms with Gasteiger partial charge in [0.25, 0.3) is 0 Å². The predicted molar refractivity (Wildman–Crippen MR) is 86.6 cm³/mol. The summed E-state index contributed by atoms with van der Waals surface area (Å²) in [5.74, 6) is -0.165. The lowest BCUT2D eigenvalue weighted by Crippen LogP contribution is -2.09. The fraction of sp³-hybridized carbons (Fsp3) is 0.312. The summed E-state index contributed by atoms with van der Waals surface area (Å²) >= 11 is 0. The van der Waals surface area contributed by atoms with Crippen LogP contribution in [0.5, 0.6) is 11.5 Å². The predicted octanol–water partition coefficient (Wildman–Crippen LogP) is 2.30. The molecule has 1 atom stereocenters. The Morgan fingerprint density at radius 1 is 1.28 bits per heavy atom. The maximum atomic E-state index is 13.9. The van der Waals surface area contributed by atoms with Crippen molar-refractivity contribution < 1.29 is 19.3 Å². The van der Waals surface area contributed by atoms with Gasteiger partial charge in [0.05, 0.1) is 6.33 Å². The summed E-state index contributed by atoms with van der Waals surface area (Å²) in [5, 5.41) is 21.9. The summed E-state index contributed by atoms with van der Waals surface area (Å²) in [6.07, 6.45) is 2.29. The van der Waals surface area contributed by atoms with Gasteiger partial charge in [-0.15, -0.1) is 0 Å². The van der Waals surface area contributed by atoms with Crippen LogP contribution in [0, 0.1) is 6.08 Å². The molecule has 3 aromatic rings. The highest BCUT2D eigenvalue weighted by Crippen LogP contribution is 2.29. The van der Waals surface area contributed by atoms with E-state index in [2.05, 4.69) is 20.3 Å². The Labute approximate surface area is 141 Å². The standard InChI is InChI=1S/C16H16FN5O3/c17-16-20-14(18-7-9-3-4-10(23)11(24)6-9)13-15(21-16)22(8-19-13)12-2-1-5-25-12/h3-4,6,8,12,23-24H,1-2,5,7H2,(H,18,20,21). The molecule has 1 aliphatic heterocycles. The van der Waals surface area contributed by atoms with E-state index in [9.17, 15) is 14.6 Å². The molecule has 1 unspecified atom stereocenters. The van der Waals surface area contributed by atoms with E-state index in [4.69, 9.17) is 4.74 Å². The van der Waals surface area contributed by atoms with Gasteiger partial charge in [-0.1, -0.05) is 6.07 Å². The monoisotopic (exact) mass is 345 g/mol. The number of phenols is 2. The molecule has 9 heteroatoms. The third-order valence-corrected chi connectivity index (χ3v) is 4.11. The minimum Gasteiger partial charge on any atom is -0.504 e. The second kappa shape index (κ2) is 6.17. The Bertz CT molecular complexity index is 924. The summed E-state index contributed by atoms with van der Waals surface area (Å²) in [7, 11) is 0. The molecule has 3 heterocycles. The summed E-state index contributed by atoms with van der Waals surface area (Å²) in [6.45, 7) is 0.930. The first kappa shape index (κ1) is 15.6. The number of nitrogens with zero attached hydrogens (tertiary/aromatic N) is 4. The zero-order valence-electron chi connectivity index (χ0n) is 13.2. The highest BCUT2D eigenvalue weighted by atomic mass is 19.1. The Morgan fingerprint density at radius 3 is 2.92 bits per heavy atom. The van der Waals surface area contributed by atoms with Gasteiger partial charge in [-0.05, 0) is 30.5 Å². The number of aromatic hydroxyl groups is 2. The van der Waals surface area contributed by atoms with Gasteiger partial charge < -0.3 is 20.3 Å². The van der Waals surface area contributed by atoms with Crippen LogP contribution < -0.4 is 5.32 Å². The number of aromatic nitrogens is 4. The zero-order valence-corrected chi connectivity index (χ0v) is 13.2. The molecule has 0 spiro atoms. The van der Waals surface area contributed by atoms with Crippen molar-refractivity contribution in [1.29, 1.82) is 0 Å². The molecular formula is C16H16FN5O3. The molecule has 1 saturated heterocycles. The molecule has 25 heavy (non-hydrogen) atoms. The van der Waals surface area contributed by atoms with Crippen molar-refractivity contribution in [2.75, 3.05) is 11.9 Å². The van der Waals surface area contributed by atoms with Crippen molar-refractivity contribution in [3.63, 3.8) is 0 Å². The molecule has 0 radical (unpaired) electrons. The molecule has 1 aliphatic rings. The molecule has 8 nitrogen and oxygen atoms in total. The van der Waals surface area contributed by atoms with E-state index in [0.717, 1.165) is 12.8 Å². The van der Waals surface area contributed by atoms with Gasteiger partial charge in [-0.2, -0.15) is 14.4 Å². The number of benzene rings is 1. The molecule has 130 valence electrons. The summed E-state index contributed by atoms with van der Waals surface area (Å²) < 4.78 is 21.2. The van der Waals surface area contributed by atoms with Gasteiger partial charge in [-0.25, -0.2) is 4.98 Å².